The van der Waals surface area contributed by atoms with E-state index in [0.717, 1.165) is 41.1 Å². The number of likely N-dealkylation sites (tertiary alicyclic amines) is 1. The largest absolute Gasteiger partial charge is 0.338 e. The minimum atomic E-state index is 0.0669. The number of carbonyl (C=O) groups excluding carboxylic acids is 1. The van der Waals surface area contributed by atoms with Gasteiger partial charge < -0.3 is 4.90 Å². The molecule has 1 aliphatic heterocycles. The fourth-order valence-electron chi connectivity index (χ4n) is 3.55. The monoisotopic (exact) mass is 390 g/mol. The van der Waals surface area contributed by atoms with Gasteiger partial charge in [-0.15, -0.1) is 11.3 Å². The maximum absolute atomic E-state index is 12.6. The summed E-state index contributed by atoms with van der Waals surface area (Å²) in [5.41, 5.74) is 3.01. The van der Waals surface area contributed by atoms with Crippen LogP contribution in [0, 0.1) is 6.92 Å². The van der Waals surface area contributed by atoms with Gasteiger partial charge in [-0.05, 0) is 55.0 Å². The fraction of sp³-hybridized carbons (Fsp3) is 0.273. The van der Waals surface area contributed by atoms with Crippen molar-refractivity contribution in [2.45, 2.75) is 25.7 Å². The van der Waals surface area contributed by atoms with E-state index in [1.807, 2.05) is 53.7 Å². The summed E-state index contributed by atoms with van der Waals surface area (Å²) in [5.74, 6) is 0.985. The molecule has 0 radical (unpaired) electrons. The van der Waals surface area contributed by atoms with Crippen LogP contribution in [0.15, 0.2) is 54.3 Å². The summed E-state index contributed by atoms with van der Waals surface area (Å²) in [6.45, 7) is 3.53. The number of rotatable bonds is 4. The Balaban J connectivity index is 1.52. The van der Waals surface area contributed by atoms with Crippen LogP contribution in [0.3, 0.4) is 0 Å². The van der Waals surface area contributed by atoms with Crippen LogP contribution < -0.4 is 0 Å². The lowest BCUT2D eigenvalue weighted by molar-refractivity contribution is -0.127. The maximum Gasteiger partial charge on any atom is 0.246 e. The highest BCUT2D eigenvalue weighted by Gasteiger charge is 2.26. The van der Waals surface area contributed by atoms with Crippen LogP contribution in [0.5, 0.6) is 0 Å². The minimum absolute atomic E-state index is 0.0669. The highest BCUT2D eigenvalue weighted by molar-refractivity contribution is 7.10. The number of hydrogen-bond acceptors (Lipinski definition) is 5. The Labute approximate surface area is 168 Å². The molecule has 0 aliphatic carbocycles. The van der Waals surface area contributed by atoms with E-state index < -0.39 is 0 Å². The van der Waals surface area contributed by atoms with Crippen LogP contribution in [0.4, 0.5) is 0 Å². The summed E-state index contributed by atoms with van der Waals surface area (Å²) >= 11 is 1.63. The van der Waals surface area contributed by atoms with E-state index in [9.17, 15) is 4.79 Å². The number of nitrogens with zero attached hydrogens (tertiary/aromatic N) is 4. The topological polar surface area (TPSA) is 59.0 Å². The van der Waals surface area contributed by atoms with Crippen LogP contribution in [-0.2, 0) is 4.79 Å². The predicted molar refractivity (Wildman–Crippen MR) is 112 cm³/mol. The Morgan fingerprint density at radius 2 is 2.21 bits per heavy atom. The van der Waals surface area contributed by atoms with Gasteiger partial charge in [0, 0.05) is 54.1 Å². The molecular weight excluding hydrogens is 368 g/mol. The van der Waals surface area contributed by atoms with Crippen LogP contribution in [0.1, 0.15) is 34.9 Å². The first-order chi connectivity index (χ1) is 13.7. The van der Waals surface area contributed by atoms with Crippen molar-refractivity contribution in [3.05, 3.63) is 70.4 Å². The van der Waals surface area contributed by atoms with Gasteiger partial charge in [0.25, 0.3) is 0 Å². The number of amides is 1. The van der Waals surface area contributed by atoms with Gasteiger partial charge in [0.1, 0.15) is 0 Å². The number of aryl methyl sites for hydroxylation is 1. The van der Waals surface area contributed by atoms with Gasteiger partial charge >= 0.3 is 0 Å². The molecule has 0 saturated carbocycles. The number of hydrogen-bond donors (Lipinski definition) is 0. The Hall–Kier alpha value is -2.86. The molecule has 1 unspecified atom stereocenters. The van der Waals surface area contributed by atoms with Crippen molar-refractivity contribution < 1.29 is 4.79 Å². The first-order valence-corrected chi connectivity index (χ1v) is 10.3. The Morgan fingerprint density at radius 3 is 3.00 bits per heavy atom. The summed E-state index contributed by atoms with van der Waals surface area (Å²) in [6, 6.07) is 7.85. The minimum Gasteiger partial charge on any atom is -0.338 e. The molecule has 142 valence electrons. The van der Waals surface area contributed by atoms with E-state index in [0.29, 0.717) is 12.4 Å². The quantitative estimate of drug-likeness (QED) is 0.622. The zero-order valence-corrected chi connectivity index (χ0v) is 16.6. The molecular formula is C22H22N4OS. The second kappa shape index (κ2) is 8.44. The van der Waals surface area contributed by atoms with E-state index in [2.05, 4.69) is 9.97 Å². The normalized spacial score (nSPS) is 17.2. The molecule has 4 heterocycles. The molecule has 1 amide bonds. The first kappa shape index (κ1) is 18.5. The molecule has 0 aromatic carbocycles. The summed E-state index contributed by atoms with van der Waals surface area (Å²) in [6.07, 6.45) is 11.0. The zero-order chi connectivity index (χ0) is 19.3. The molecule has 5 nitrogen and oxygen atoms in total. The molecule has 3 aromatic rings. The fourth-order valence-corrected chi connectivity index (χ4v) is 4.17. The Bertz CT molecular complexity index is 969. The zero-order valence-electron chi connectivity index (χ0n) is 15.8. The van der Waals surface area contributed by atoms with Crippen molar-refractivity contribution in [3.8, 4) is 11.4 Å². The van der Waals surface area contributed by atoms with Gasteiger partial charge in [-0.25, -0.2) is 9.97 Å². The van der Waals surface area contributed by atoms with Crippen molar-refractivity contribution in [3.63, 3.8) is 0 Å². The summed E-state index contributed by atoms with van der Waals surface area (Å²) in [4.78, 5) is 29.2. The lowest BCUT2D eigenvalue weighted by Crippen LogP contribution is -2.38. The predicted octanol–water partition coefficient (Wildman–Crippen LogP) is 4.33. The first-order valence-electron chi connectivity index (χ1n) is 9.45. The van der Waals surface area contributed by atoms with Gasteiger partial charge in [0.05, 0.1) is 5.69 Å². The smallest absolute Gasteiger partial charge is 0.246 e. The maximum atomic E-state index is 12.6. The molecule has 4 rings (SSSR count). The summed E-state index contributed by atoms with van der Waals surface area (Å²) in [7, 11) is 0. The van der Waals surface area contributed by atoms with E-state index in [4.69, 9.17) is 4.98 Å². The number of pyridine rings is 1. The van der Waals surface area contributed by atoms with Crippen LogP contribution >= 0.6 is 11.3 Å². The van der Waals surface area contributed by atoms with E-state index >= 15 is 0 Å². The second-order valence-electron chi connectivity index (χ2n) is 6.98. The highest BCUT2D eigenvalue weighted by atomic mass is 32.1. The van der Waals surface area contributed by atoms with Crippen molar-refractivity contribution in [1.29, 1.82) is 0 Å². The average molecular weight is 391 g/mol. The molecule has 0 bridgehead atoms. The van der Waals surface area contributed by atoms with E-state index in [1.165, 1.54) is 0 Å². The van der Waals surface area contributed by atoms with Crippen molar-refractivity contribution in [1.82, 2.24) is 19.9 Å². The summed E-state index contributed by atoms with van der Waals surface area (Å²) < 4.78 is 0. The molecule has 1 aliphatic rings. The van der Waals surface area contributed by atoms with Gasteiger partial charge in [0.2, 0.25) is 5.91 Å². The third kappa shape index (κ3) is 4.17. The van der Waals surface area contributed by atoms with Crippen molar-refractivity contribution >= 4 is 23.3 Å². The van der Waals surface area contributed by atoms with Crippen LogP contribution in [-0.4, -0.2) is 38.8 Å². The third-order valence-electron chi connectivity index (χ3n) is 4.98. The van der Waals surface area contributed by atoms with Gasteiger partial charge in [-0.2, -0.15) is 0 Å². The third-order valence-corrected chi connectivity index (χ3v) is 5.82. The van der Waals surface area contributed by atoms with Crippen molar-refractivity contribution in [2.75, 3.05) is 13.1 Å². The lowest BCUT2D eigenvalue weighted by Gasteiger charge is -2.32. The number of piperidine rings is 1. The SMILES string of the molecule is Cc1cnc(-c2cccnc2)nc1C1CCCN(C(=O)/C=C/c2cccs2)C1. The molecule has 0 spiro atoms. The second-order valence-corrected chi connectivity index (χ2v) is 7.95. The molecule has 0 N–H and O–H groups in total. The van der Waals surface area contributed by atoms with Gasteiger partial charge in [-0.1, -0.05) is 6.07 Å². The molecule has 6 heteroatoms. The van der Waals surface area contributed by atoms with Gasteiger partial charge in [-0.3, -0.25) is 9.78 Å². The number of thiophene rings is 1. The highest BCUT2D eigenvalue weighted by Crippen LogP contribution is 2.29. The van der Waals surface area contributed by atoms with E-state index in [-0.39, 0.29) is 11.8 Å². The van der Waals surface area contributed by atoms with E-state index in [1.54, 1.807) is 29.8 Å². The Kier molecular flexibility index (Phi) is 5.58. The number of carbonyl (C=O) groups is 1. The van der Waals surface area contributed by atoms with Crippen LogP contribution in [0.25, 0.3) is 17.5 Å². The summed E-state index contributed by atoms with van der Waals surface area (Å²) in [5, 5.41) is 2.01. The van der Waals surface area contributed by atoms with Crippen molar-refractivity contribution in [2.24, 2.45) is 0 Å². The number of aromatic nitrogens is 3. The molecule has 1 atom stereocenters. The Morgan fingerprint density at radius 1 is 1.29 bits per heavy atom. The standard InChI is InChI=1S/C22H22N4OS/c1-16-13-24-22(17-5-2-10-23-14-17)25-21(16)18-6-3-11-26(15-18)20(27)9-8-19-7-4-12-28-19/h2,4-5,7-10,12-14,18H,3,6,11,15H2,1H3/b9-8+. The molecule has 1 fully saturated rings. The van der Waals surface area contributed by atoms with Crippen LogP contribution in [0.2, 0.25) is 0 Å². The molecule has 28 heavy (non-hydrogen) atoms. The lowest BCUT2D eigenvalue weighted by atomic mass is 9.92. The molecule has 1 saturated heterocycles. The van der Waals surface area contributed by atoms with Gasteiger partial charge in [0.15, 0.2) is 5.82 Å². The molecule has 3 aromatic heterocycles. The average Bonchev–Trinajstić information content (AvgIpc) is 3.27.